The number of halogens is 3. The van der Waals surface area contributed by atoms with Crippen molar-refractivity contribution in [2.24, 2.45) is 0 Å². The molecular weight excluding hydrogens is 373 g/mol. The predicted octanol–water partition coefficient (Wildman–Crippen LogP) is 7.40. The Hall–Kier alpha value is -3.01. The Balaban J connectivity index is 1.63. The lowest BCUT2D eigenvalue weighted by atomic mass is 9.92. The molecule has 148 valence electrons. The van der Waals surface area contributed by atoms with E-state index in [1.807, 2.05) is 6.07 Å². The van der Waals surface area contributed by atoms with Crippen molar-refractivity contribution < 1.29 is 17.9 Å². The van der Waals surface area contributed by atoms with E-state index >= 15 is 0 Å². The van der Waals surface area contributed by atoms with Crippen LogP contribution in [0.15, 0.2) is 60.7 Å². The van der Waals surface area contributed by atoms with Crippen LogP contribution in [0.4, 0.5) is 13.2 Å². The van der Waals surface area contributed by atoms with E-state index < -0.39 is 11.6 Å². The monoisotopic (exact) mass is 394 g/mol. The van der Waals surface area contributed by atoms with Gasteiger partial charge in [-0.2, -0.15) is 4.39 Å². The highest BCUT2D eigenvalue weighted by Gasteiger charge is 2.16. The summed E-state index contributed by atoms with van der Waals surface area (Å²) in [5.41, 5.74) is 3.95. The number of ether oxygens (including phenoxy) is 1. The number of allylic oxidation sites excluding steroid dienone is 2. The lowest BCUT2D eigenvalue weighted by Gasteiger charge is -2.14. The number of hydrogen-bond donors (Lipinski definition) is 0. The van der Waals surface area contributed by atoms with Gasteiger partial charge in [0, 0.05) is 11.1 Å². The minimum Gasteiger partial charge on any atom is -0.494 e. The van der Waals surface area contributed by atoms with Crippen LogP contribution in [0.25, 0.3) is 27.8 Å². The van der Waals surface area contributed by atoms with Crippen LogP contribution in [0.5, 0.6) is 5.75 Å². The first-order valence-electron chi connectivity index (χ1n) is 9.70. The average Bonchev–Trinajstić information content (AvgIpc) is 2.76. The topological polar surface area (TPSA) is 9.23 Å². The Labute approximate surface area is 168 Å². The summed E-state index contributed by atoms with van der Waals surface area (Å²) in [5, 5.41) is 0. The fraction of sp³-hybridized carbons (Fsp3) is 0.200. The maximum Gasteiger partial charge on any atom is 0.201 e. The molecule has 1 aliphatic carbocycles. The zero-order valence-electron chi connectivity index (χ0n) is 16.1. The average molecular weight is 394 g/mol. The summed E-state index contributed by atoms with van der Waals surface area (Å²) in [7, 11) is 1.29. The highest BCUT2D eigenvalue weighted by atomic mass is 19.2. The molecule has 1 aliphatic rings. The highest BCUT2D eigenvalue weighted by molar-refractivity contribution is 5.74. The van der Waals surface area contributed by atoms with Gasteiger partial charge in [0.25, 0.3) is 0 Å². The predicted molar refractivity (Wildman–Crippen MR) is 110 cm³/mol. The van der Waals surface area contributed by atoms with Gasteiger partial charge in [0.05, 0.1) is 7.11 Å². The molecule has 0 N–H and O–H groups in total. The SMILES string of the molecule is COc1ccc(-c2ccc(-c3ccc(C4=CCCCC4)cc3F)cc2)c(F)c1F. The molecule has 0 atom stereocenters. The summed E-state index contributed by atoms with van der Waals surface area (Å²) in [4.78, 5) is 0. The van der Waals surface area contributed by atoms with Crippen LogP contribution >= 0.6 is 0 Å². The molecule has 0 radical (unpaired) electrons. The van der Waals surface area contributed by atoms with E-state index in [9.17, 15) is 13.2 Å². The molecule has 0 saturated carbocycles. The van der Waals surface area contributed by atoms with Crippen LogP contribution in [0.2, 0.25) is 0 Å². The van der Waals surface area contributed by atoms with Crippen molar-refractivity contribution in [3.8, 4) is 28.0 Å². The zero-order valence-corrected chi connectivity index (χ0v) is 16.1. The third kappa shape index (κ3) is 3.80. The van der Waals surface area contributed by atoms with Crippen LogP contribution in [0.3, 0.4) is 0 Å². The van der Waals surface area contributed by atoms with Crippen molar-refractivity contribution in [1.82, 2.24) is 0 Å². The molecule has 4 heteroatoms. The summed E-state index contributed by atoms with van der Waals surface area (Å²) in [6.45, 7) is 0. The normalized spacial score (nSPS) is 13.9. The second-order valence-electron chi connectivity index (χ2n) is 7.19. The lowest BCUT2D eigenvalue weighted by molar-refractivity contribution is 0.372. The fourth-order valence-corrected chi connectivity index (χ4v) is 3.79. The molecule has 0 amide bonds. The van der Waals surface area contributed by atoms with E-state index in [0.29, 0.717) is 16.7 Å². The van der Waals surface area contributed by atoms with Crippen LogP contribution in [0.1, 0.15) is 31.2 Å². The molecule has 1 nitrogen and oxygen atoms in total. The van der Waals surface area contributed by atoms with Crippen molar-refractivity contribution >= 4 is 5.57 Å². The van der Waals surface area contributed by atoms with Gasteiger partial charge >= 0.3 is 0 Å². The Bertz CT molecular complexity index is 1070. The van der Waals surface area contributed by atoms with E-state index in [-0.39, 0.29) is 17.1 Å². The first-order chi connectivity index (χ1) is 14.1. The van der Waals surface area contributed by atoms with Gasteiger partial charge in [-0.15, -0.1) is 0 Å². The van der Waals surface area contributed by atoms with Gasteiger partial charge in [0.1, 0.15) is 5.82 Å². The number of benzene rings is 3. The van der Waals surface area contributed by atoms with E-state index in [2.05, 4.69) is 6.08 Å². The molecule has 3 aromatic rings. The van der Waals surface area contributed by atoms with Crippen molar-refractivity contribution in [1.29, 1.82) is 0 Å². The molecule has 3 aromatic carbocycles. The standard InChI is InChI=1S/C25H21F3O/c1-29-23-14-13-21(24(27)25(23)28)18-9-7-17(8-10-18)20-12-11-19(15-22(20)26)16-5-3-2-4-6-16/h5,7-15H,2-4,6H2,1H3. The first-order valence-corrected chi connectivity index (χ1v) is 9.70. The van der Waals surface area contributed by atoms with Crippen LogP contribution in [-0.2, 0) is 0 Å². The maximum atomic E-state index is 14.8. The van der Waals surface area contributed by atoms with Gasteiger partial charge in [0.15, 0.2) is 11.6 Å². The Morgan fingerprint density at radius 2 is 1.38 bits per heavy atom. The molecule has 4 rings (SSSR count). The Morgan fingerprint density at radius 3 is 2.00 bits per heavy atom. The van der Waals surface area contributed by atoms with Gasteiger partial charge in [-0.25, -0.2) is 8.78 Å². The molecule has 0 spiro atoms. The van der Waals surface area contributed by atoms with Crippen molar-refractivity contribution in [3.63, 3.8) is 0 Å². The summed E-state index contributed by atoms with van der Waals surface area (Å²) in [6, 6.07) is 14.9. The summed E-state index contributed by atoms with van der Waals surface area (Å²) < 4.78 is 47.9. The molecule has 29 heavy (non-hydrogen) atoms. The first kappa shape index (κ1) is 19.3. The lowest BCUT2D eigenvalue weighted by Crippen LogP contribution is -1.95. The summed E-state index contributed by atoms with van der Waals surface area (Å²) in [5.74, 6) is -2.41. The Morgan fingerprint density at radius 1 is 0.724 bits per heavy atom. The maximum absolute atomic E-state index is 14.8. The number of hydrogen-bond acceptors (Lipinski definition) is 1. The molecule has 0 unspecified atom stereocenters. The zero-order chi connectivity index (χ0) is 20.4. The minimum atomic E-state index is -1.02. The van der Waals surface area contributed by atoms with E-state index in [0.717, 1.165) is 24.8 Å². The van der Waals surface area contributed by atoms with Gasteiger partial charge < -0.3 is 4.74 Å². The van der Waals surface area contributed by atoms with Gasteiger partial charge in [-0.05, 0) is 66.1 Å². The van der Waals surface area contributed by atoms with Gasteiger partial charge in [-0.3, -0.25) is 0 Å². The second kappa shape index (κ2) is 8.16. The fourth-order valence-electron chi connectivity index (χ4n) is 3.79. The molecule has 0 fully saturated rings. The molecule has 0 aliphatic heterocycles. The van der Waals surface area contributed by atoms with Crippen LogP contribution < -0.4 is 4.74 Å². The number of methoxy groups -OCH3 is 1. The third-order valence-corrected chi connectivity index (χ3v) is 5.40. The van der Waals surface area contributed by atoms with Crippen molar-refractivity contribution in [2.45, 2.75) is 25.7 Å². The van der Waals surface area contributed by atoms with E-state index in [1.165, 1.54) is 31.2 Å². The minimum absolute atomic E-state index is 0.134. The van der Waals surface area contributed by atoms with Gasteiger partial charge in [0.2, 0.25) is 5.82 Å². The smallest absolute Gasteiger partial charge is 0.201 e. The van der Waals surface area contributed by atoms with E-state index in [1.54, 1.807) is 36.4 Å². The molecule has 0 aromatic heterocycles. The second-order valence-corrected chi connectivity index (χ2v) is 7.19. The largest absolute Gasteiger partial charge is 0.494 e. The highest BCUT2D eigenvalue weighted by Crippen LogP contribution is 2.33. The van der Waals surface area contributed by atoms with Crippen LogP contribution in [0, 0.1) is 17.5 Å². The van der Waals surface area contributed by atoms with Crippen molar-refractivity contribution in [3.05, 3.63) is 83.7 Å². The molecule has 0 saturated heterocycles. The summed E-state index contributed by atoms with van der Waals surface area (Å²) in [6.07, 6.45) is 6.55. The third-order valence-electron chi connectivity index (χ3n) is 5.40. The quantitative estimate of drug-likeness (QED) is 0.448. The number of rotatable bonds is 4. The van der Waals surface area contributed by atoms with Crippen LogP contribution in [-0.4, -0.2) is 7.11 Å². The summed E-state index contributed by atoms with van der Waals surface area (Å²) >= 11 is 0. The molecule has 0 bridgehead atoms. The molecule has 0 heterocycles. The molecular formula is C25H21F3O. The van der Waals surface area contributed by atoms with Crippen molar-refractivity contribution in [2.75, 3.05) is 7.11 Å². The van der Waals surface area contributed by atoms with E-state index in [4.69, 9.17) is 4.74 Å². The van der Waals surface area contributed by atoms with Gasteiger partial charge in [-0.1, -0.05) is 42.5 Å². The Kier molecular flexibility index (Phi) is 5.43.